The highest BCUT2D eigenvalue weighted by Gasteiger charge is 2.16. The molecule has 0 aromatic heterocycles. The molecule has 9 rings (SSSR count). The number of fused-ring (bicyclic) bond motifs is 2. The molecule has 2 heteroatoms. The number of anilines is 5. The Morgan fingerprint density at radius 1 is 0.283 bits per heavy atom. The zero-order chi connectivity index (χ0) is 35.6. The van der Waals surface area contributed by atoms with E-state index in [0.717, 1.165) is 22.7 Å². The van der Waals surface area contributed by atoms with Gasteiger partial charge in [0.15, 0.2) is 0 Å². The van der Waals surface area contributed by atoms with E-state index in [1.807, 2.05) is 0 Å². The summed E-state index contributed by atoms with van der Waals surface area (Å²) in [6.07, 6.45) is 0. The summed E-state index contributed by atoms with van der Waals surface area (Å²) < 4.78 is 0. The van der Waals surface area contributed by atoms with Crippen LogP contribution in [-0.4, -0.2) is 7.05 Å². The van der Waals surface area contributed by atoms with Crippen LogP contribution in [0.4, 0.5) is 28.4 Å². The molecule has 9 aromatic carbocycles. The van der Waals surface area contributed by atoms with Crippen molar-refractivity contribution >= 4 is 50.0 Å². The van der Waals surface area contributed by atoms with Crippen LogP contribution in [0.15, 0.2) is 212 Å². The Labute approximate surface area is 311 Å². The molecule has 0 N–H and O–H groups in total. The van der Waals surface area contributed by atoms with Gasteiger partial charge in [-0.25, -0.2) is 0 Å². The molecule has 0 saturated carbocycles. The van der Waals surface area contributed by atoms with Gasteiger partial charge in [-0.15, -0.1) is 0 Å². The van der Waals surface area contributed by atoms with Gasteiger partial charge >= 0.3 is 0 Å². The SMILES string of the molecule is CN(c1ccc(-c2ccc(N(c3cccc(-c4ccccc4)c3)c3cccc(-c4ccccc4)c3)cc2)cc1)c1c2ccccc2cc2ccccc12. The molecule has 252 valence electrons. The third-order valence-electron chi connectivity index (χ3n) is 10.2. The van der Waals surface area contributed by atoms with Crippen molar-refractivity contribution in [3.63, 3.8) is 0 Å². The van der Waals surface area contributed by atoms with Crippen molar-refractivity contribution in [1.29, 1.82) is 0 Å². The molecule has 0 spiro atoms. The van der Waals surface area contributed by atoms with Gasteiger partial charge in [0.25, 0.3) is 0 Å². The smallest absolute Gasteiger partial charge is 0.0567 e. The van der Waals surface area contributed by atoms with Crippen LogP contribution in [0, 0.1) is 0 Å². The van der Waals surface area contributed by atoms with Crippen LogP contribution >= 0.6 is 0 Å². The summed E-state index contributed by atoms with van der Waals surface area (Å²) in [6.45, 7) is 0. The minimum Gasteiger partial charge on any atom is -0.344 e. The standard InChI is InChI=1S/C51H38N2/c1-52(51-49-24-10-8-18-43(49)34-44-19-9-11-25-50(44)51)45-30-26-39(27-31-45)40-28-32-46(33-29-40)53(47-22-12-20-41(35-47)37-14-4-2-5-15-37)48-23-13-21-42(36-48)38-16-6-3-7-17-38/h2-36H,1H3. The number of benzene rings is 9. The number of rotatable bonds is 8. The Bertz CT molecular complexity index is 2530. The fourth-order valence-corrected chi connectivity index (χ4v) is 7.52. The molecule has 9 aromatic rings. The Kier molecular flexibility index (Phi) is 8.47. The molecule has 0 atom stereocenters. The van der Waals surface area contributed by atoms with Crippen LogP contribution in [0.2, 0.25) is 0 Å². The summed E-state index contributed by atoms with van der Waals surface area (Å²) in [7, 11) is 2.17. The summed E-state index contributed by atoms with van der Waals surface area (Å²) in [5.41, 5.74) is 12.8. The zero-order valence-electron chi connectivity index (χ0n) is 29.6. The summed E-state index contributed by atoms with van der Waals surface area (Å²) >= 11 is 0. The van der Waals surface area contributed by atoms with Gasteiger partial charge in [0.2, 0.25) is 0 Å². The molecule has 2 nitrogen and oxygen atoms in total. The maximum atomic E-state index is 2.36. The van der Waals surface area contributed by atoms with E-state index in [0.29, 0.717) is 0 Å². The molecule has 0 aliphatic carbocycles. The average Bonchev–Trinajstić information content (AvgIpc) is 3.24. The van der Waals surface area contributed by atoms with Crippen LogP contribution in [0.1, 0.15) is 0 Å². The van der Waals surface area contributed by atoms with Crippen molar-refractivity contribution in [2.45, 2.75) is 0 Å². The van der Waals surface area contributed by atoms with Crippen molar-refractivity contribution < 1.29 is 0 Å². The van der Waals surface area contributed by atoms with Gasteiger partial charge in [-0.05, 0) is 98.8 Å². The van der Waals surface area contributed by atoms with E-state index in [2.05, 4.69) is 229 Å². The maximum Gasteiger partial charge on any atom is 0.0567 e. The van der Waals surface area contributed by atoms with E-state index in [1.54, 1.807) is 0 Å². The first-order valence-electron chi connectivity index (χ1n) is 18.2. The van der Waals surface area contributed by atoms with Crippen molar-refractivity contribution in [3.05, 3.63) is 212 Å². The predicted molar refractivity (Wildman–Crippen MR) is 227 cm³/mol. The fraction of sp³-hybridized carbons (Fsp3) is 0.0196. The Hall–Kier alpha value is -6.90. The van der Waals surface area contributed by atoms with Gasteiger partial charge in [0.1, 0.15) is 0 Å². The highest BCUT2D eigenvalue weighted by atomic mass is 15.1. The predicted octanol–water partition coefficient (Wildman–Crippen LogP) is 14.2. The largest absolute Gasteiger partial charge is 0.344 e. The van der Waals surface area contributed by atoms with Crippen molar-refractivity contribution in [2.24, 2.45) is 0 Å². The van der Waals surface area contributed by atoms with Crippen LogP contribution in [-0.2, 0) is 0 Å². The first-order valence-corrected chi connectivity index (χ1v) is 18.2. The van der Waals surface area contributed by atoms with Crippen LogP contribution < -0.4 is 9.80 Å². The second kappa shape index (κ2) is 14.0. The molecule has 0 bridgehead atoms. The van der Waals surface area contributed by atoms with E-state index in [-0.39, 0.29) is 0 Å². The quantitative estimate of drug-likeness (QED) is 0.148. The van der Waals surface area contributed by atoms with Crippen LogP contribution in [0.3, 0.4) is 0 Å². The van der Waals surface area contributed by atoms with Gasteiger partial charge < -0.3 is 9.80 Å². The van der Waals surface area contributed by atoms with Gasteiger partial charge in [0, 0.05) is 40.6 Å². The molecule has 0 fully saturated rings. The van der Waals surface area contributed by atoms with Crippen LogP contribution in [0.25, 0.3) is 54.9 Å². The lowest BCUT2D eigenvalue weighted by Gasteiger charge is -2.27. The van der Waals surface area contributed by atoms with Gasteiger partial charge in [0.05, 0.1) is 5.69 Å². The second-order valence-corrected chi connectivity index (χ2v) is 13.5. The Balaban J connectivity index is 1.06. The van der Waals surface area contributed by atoms with E-state index in [1.165, 1.54) is 60.6 Å². The first kappa shape index (κ1) is 32.0. The first-order chi connectivity index (χ1) is 26.2. The molecule has 0 heterocycles. The lowest BCUT2D eigenvalue weighted by Crippen LogP contribution is -2.10. The van der Waals surface area contributed by atoms with E-state index >= 15 is 0 Å². The average molecular weight is 679 g/mol. The van der Waals surface area contributed by atoms with E-state index < -0.39 is 0 Å². The molecule has 0 amide bonds. The zero-order valence-corrected chi connectivity index (χ0v) is 29.6. The normalized spacial score (nSPS) is 11.1. The summed E-state index contributed by atoms with van der Waals surface area (Å²) in [6, 6.07) is 76.3. The van der Waals surface area contributed by atoms with Gasteiger partial charge in [-0.3, -0.25) is 0 Å². The van der Waals surface area contributed by atoms with Crippen molar-refractivity contribution in [3.8, 4) is 33.4 Å². The number of hydrogen-bond acceptors (Lipinski definition) is 2. The van der Waals surface area contributed by atoms with Crippen LogP contribution in [0.5, 0.6) is 0 Å². The minimum absolute atomic E-state index is 1.10. The Morgan fingerprint density at radius 2 is 0.679 bits per heavy atom. The molecule has 0 aliphatic heterocycles. The molecular formula is C51H38N2. The molecule has 0 saturated heterocycles. The Morgan fingerprint density at radius 3 is 1.17 bits per heavy atom. The molecule has 0 unspecified atom stereocenters. The van der Waals surface area contributed by atoms with Crippen molar-refractivity contribution in [2.75, 3.05) is 16.8 Å². The third-order valence-corrected chi connectivity index (χ3v) is 10.2. The number of hydrogen-bond donors (Lipinski definition) is 0. The lowest BCUT2D eigenvalue weighted by molar-refractivity contribution is 1.23. The van der Waals surface area contributed by atoms with Gasteiger partial charge in [-0.2, -0.15) is 0 Å². The second-order valence-electron chi connectivity index (χ2n) is 13.5. The van der Waals surface area contributed by atoms with Gasteiger partial charge in [-0.1, -0.05) is 158 Å². The van der Waals surface area contributed by atoms with E-state index in [9.17, 15) is 0 Å². The summed E-state index contributed by atoms with van der Waals surface area (Å²) in [5, 5.41) is 5.00. The van der Waals surface area contributed by atoms with Crippen molar-refractivity contribution in [1.82, 2.24) is 0 Å². The highest BCUT2D eigenvalue weighted by molar-refractivity contribution is 6.12. The summed E-state index contributed by atoms with van der Waals surface area (Å²) in [5.74, 6) is 0. The minimum atomic E-state index is 1.10. The molecule has 0 aliphatic rings. The monoisotopic (exact) mass is 678 g/mol. The topological polar surface area (TPSA) is 6.48 Å². The summed E-state index contributed by atoms with van der Waals surface area (Å²) in [4.78, 5) is 4.68. The highest BCUT2D eigenvalue weighted by Crippen LogP contribution is 2.41. The molecular weight excluding hydrogens is 641 g/mol. The van der Waals surface area contributed by atoms with E-state index in [4.69, 9.17) is 0 Å². The fourth-order valence-electron chi connectivity index (χ4n) is 7.52. The molecule has 0 radical (unpaired) electrons. The molecule has 53 heavy (non-hydrogen) atoms. The third kappa shape index (κ3) is 6.32. The number of nitrogens with zero attached hydrogens (tertiary/aromatic N) is 2. The lowest BCUT2D eigenvalue weighted by atomic mass is 9.99. The maximum absolute atomic E-state index is 2.36.